The zero-order valence-corrected chi connectivity index (χ0v) is 14.7. The Morgan fingerprint density at radius 1 is 1.11 bits per heavy atom. The second-order valence-electron chi connectivity index (χ2n) is 6.67. The zero-order chi connectivity index (χ0) is 20.6. The number of halogens is 4. The fourth-order valence-corrected chi connectivity index (χ4v) is 3.22. The first-order chi connectivity index (χ1) is 13.1. The lowest BCUT2D eigenvalue weighted by Crippen LogP contribution is -2.31. The van der Waals surface area contributed by atoms with Gasteiger partial charge < -0.3 is 14.8 Å². The molecule has 0 aliphatic carbocycles. The van der Waals surface area contributed by atoms with Crippen LogP contribution < -0.4 is 0 Å². The number of carboxylic acid groups (broad SMARTS) is 1. The number of aromatic hydroxyl groups is 1. The minimum Gasteiger partial charge on any atom is -0.494 e. The van der Waals surface area contributed by atoms with Crippen LogP contribution in [0.2, 0.25) is 0 Å². The number of carboxylic acids is 1. The molecule has 0 spiro atoms. The zero-order valence-electron chi connectivity index (χ0n) is 14.7. The van der Waals surface area contributed by atoms with E-state index in [0.717, 1.165) is 6.92 Å². The molecule has 1 aromatic heterocycles. The molecule has 1 heterocycles. The molecule has 0 saturated carbocycles. The molecule has 2 unspecified atom stereocenters. The van der Waals surface area contributed by atoms with Crippen LogP contribution in [0.3, 0.4) is 0 Å². The second kappa shape index (κ2) is 7.18. The molecule has 0 bridgehead atoms. The number of benzene rings is 2. The number of aromatic nitrogens is 1. The molecule has 0 radical (unpaired) electrons. The molecule has 2 aromatic carbocycles. The normalized spacial score (nSPS) is 14.2. The molecule has 3 rings (SSSR count). The maximum atomic E-state index is 13.8. The van der Waals surface area contributed by atoms with Crippen LogP contribution in [0, 0.1) is 11.7 Å². The van der Waals surface area contributed by atoms with Crippen molar-refractivity contribution in [2.45, 2.75) is 25.6 Å². The number of carbonyl (C=O) groups is 1. The van der Waals surface area contributed by atoms with Gasteiger partial charge in [0.25, 0.3) is 0 Å². The van der Waals surface area contributed by atoms with Gasteiger partial charge in [0.1, 0.15) is 5.82 Å². The summed E-state index contributed by atoms with van der Waals surface area (Å²) in [7, 11) is 0. The lowest BCUT2D eigenvalue weighted by molar-refractivity contribution is -0.183. The van der Waals surface area contributed by atoms with Crippen LogP contribution in [0.4, 0.5) is 17.6 Å². The van der Waals surface area contributed by atoms with Gasteiger partial charge in [-0.25, -0.2) is 4.39 Å². The van der Waals surface area contributed by atoms with Gasteiger partial charge in [-0.05, 0) is 23.3 Å². The average Bonchev–Trinajstić information content (AvgIpc) is 2.93. The van der Waals surface area contributed by atoms with E-state index in [-0.39, 0.29) is 23.4 Å². The Morgan fingerprint density at radius 2 is 1.75 bits per heavy atom. The molecule has 0 fully saturated rings. The Bertz CT molecular complexity index is 1010. The van der Waals surface area contributed by atoms with E-state index in [1.165, 1.54) is 47.2 Å². The van der Waals surface area contributed by atoms with E-state index < -0.39 is 29.8 Å². The summed E-state index contributed by atoms with van der Waals surface area (Å²) in [5.74, 6) is -5.93. The Balaban J connectivity index is 1.88. The van der Waals surface area contributed by atoms with Crippen LogP contribution >= 0.6 is 0 Å². The smallest absolute Gasteiger partial charge is 0.392 e. The highest BCUT2D eigenvalue weighted by atomic mass is 19.4. The highest BCUT2D eigenvalue weighted by Gasteiger charge is 2.45. The second-order valence-corrected chi connectivity index (χ2v) is 6.67. The van der Waals surface area contributed by atoms with Crippen LogP contribution in [-0.2, 0) is 11.3 Å². The topological polar surface area (TPSA) is 62.5 Å². The standard InChI is InChI=1S/C20H17F4NO3/c1-11(20(22,23)24)17(19(27)28)13-7-5-12(6-8-13)9-25-10-15-14(18(25)26)3-2-4-16(15)21/h2-8,10-11,17,26H,9H2,1H3,(H,27,28). The van der Waals surface area contributed by atoms with E-state index >= 15 is 0 Å². The van der Waals surface area contributed by atoms with Gasteiger partial charge in [0.2, 0.25) is 0 Å². The molecular weight excluding hydrogens is 378 g/mol. The molecule has 28 heavy (non-hydrogen) atoms. The number of aliphatic carboxylic acids is 1. The van der Waals surface area contributed by atoms with Crippen LogP contribution in [0.5, 0.6) is 5.88 Å². The first-order valence-electron chi connectivity index (χ1n) is 8.44. The Labute approximate surface area is 157 Å². The number of nitrogens with zero attached hydrogens (tertiary/aromatic N) is 1. The van der Waals surface area contributed by atoms with Crippen molar-refractivity contribution >= 4 is 16.7 Å². The average molecular weight is 395 g/mol. The summed E-state index contributed by atoms with van der Waals surface area (Å²) in [4.78, 5) is 11.4. The summed E-state index contributed by atoms with van der Waals surface area (Å²) in [6, 6.07) is 9.97. The number of rotatable bonds is 5. The third kappa shape index (κ3) is 3.67. The van der Waals surface area contributed by atoms with Crippen LogP contribution in [0.15, 0.2) is 48.7 Å². The molecule has 148 valence electrons. The van der Waals surface area contributed by atoms with Crippen molar-refractivity contribution < 1.29 is 32.6 Å². The van der Waals surface area contributed by atoms with E-state index in [1.54, 1.807) is 6.07 Å². The molecule has 3 aromatic rings. The van der Waals surface area contributed by atoms with Crippen molar-refractivity contribution in [2.75, 3.05) is 0 Å². The van der Waals surface area contributed by atoms with Crippen molar-refractivity contribution in [3.63, 3.8) is 0 Å². The van der Waals surface area contributed by atoms with E-state index in [4.69, 9.17) is 0 Å². The van der Waals surface area contributed by atoms with Gasteiger partial charge in [-0.15, -0.1) is 0 Å². The first-order valence-corrected chi connectivity index (χ1v) is 8.44. The number of hydrogen-bond acceptors (Lipinski definition) is 2. The number of hydrogen-bond donors (Lipinski definition) is 2. The van der Waals surface area contributed by atoms with E-state index in [9.17, 15) is 32.6 Å². The van der Waals surface area contributed by atoms with E-state index in [0.29, 0.717) is 10.9 Å². The number of alkyl halides is 3. The van der Waals surface area contributed by atoms with Crippen molar-refractivity contribution in [3.8, 4) is 5.88 Å². The molecule has 0 aliphatic rings. The fourth-order valence-electron chi connectivity index (χ4n) is 3.22. The van der Waals surface area contributed by atoms with Gasteiger partial charge in [-0.3, -0.25) is 4.79 Å². The van der Waals surface area contributed by atoms with Crippen LogP contribution in [-0.4, -0.2) is 26.9 Å². The minimum absolute atomic E-state index is 0.0361. The van der Waals surface area contributed by atoms with Gasteiger partial charge >= 0.3 is 12.1 Å². The SMILES string of the molecule is CC(C(C(=O)O)c1ccc(Cn2cc3c(F)cccc3c2O)cc1)C(F)(F)F. The van der Waals surface area contributed by atoms with Crippen LogP contribution in [0.1, 0.15) is 24.0 Å². The molecule has 2 N–H and O–H groups in total. The van der Waals surface area contributed by atoms with Gasteiger partial charge in [-0.1, -0.05) is 37.3 Å². The van der Waals surface area contributed by atoms with Crippen molar-refractivity contribution in [1.29, 1.82) is 0 Å². The highest BCUT2D eigenvalue weighted by molar-refractivity contribution is 5.88. The van der Waals surface area contributed by atoms with Crippen molar-refractivity contribution in [1.82, 2.24) is 4.57 Å². The number of fused-ring (bicyclic) bond motifs is 1. The summed E-state index contributed by atoms with van der Waals surface area (Å²) >= 11 is 0. The summed E-state index contributed by atoms with van der Waals surface area (Å²) in [6.07, 6.45) is -3.19. The molecule has 8 heteroatoms. The predicted octanol–water partition coefficient (Wildman–Crippen LogP) is 4.90. The monoisotopic (exact) mass is 395 g/mol. The summed E-state index contributed by atoms with van der Waals surface area (Å²) in [6.45, 7) is 0.984. The van der Waals surface area contributed by atoms with Gasteiger partial charge in [-0.2, -0.15) is 13.2 Å². The molecular formula is C20H17F4NO3. The molecule has 0 aliphatic heterocycles. The van der Waals surface area contributed by atoms with Gasteiger partial charge in [0, 0.05) is 17.0 Å². The maximum Gasteiger partial charge on any atom is 0.392 e. The van der Waals surface area contributed by atoms with Crippen molar-refractivity contribution in [2.24, 2.45) is 5.92 Å². The van der Waals surface area contributed by atoms with Crippen LogP contribution in [0.25, 0.3) is 10.8 Å². The Morgan fingerprint density at radius 3 is 2.29 bits per heavy atom. The van der Waals surface area contributed by atoms with Crippen molar-refractivity contribution in [3.05, 3.63) is 65.6 Å². The van der Waals surface area contributed by atoms with E-state index in [2.05, 4.69) is 0 Å². The Hall–Kier alpha value is -3.03. The first kappa shape index (κ1) is 19.7. The minimum atomic E-state index is -4.64. The quantitative estimate of drug-likeness (QED) is 0.604. The predicted molar refractivity (Wildman–Crippen MR) is 94.7 cm³/mol. The lowest BCUT2D eigenvalue weighted by atomic mass is 9.86. The summed E-state index contributed by atoms with van der Waals surface area (Å²) < 4.78 is 54.1. The van der Waals surface area contributed by atoms with Gasteiger partial charge in [0.05, 0.1) is 18.4 Å². The largest absolute Gasteiger partial charge is 0.494 e. The van der Waals surface area contributed by atoms with E-state index in [1.807, 2.05) is 0 Å². The van der Waals surface area contributed by atoms with Gasteiger partial charge in [0.15, 0.2) is 5.88 Å². The lowest BCUT2D eigenvalue weighted by Gasteiger charge is -2.23. The third-order valence-electron chi connectivity index (χ3n) is 4.82. The highest BCUT2D eigenvalue weighted by Crippen LogP contribution is 2.37. The third-order valence-corrected chi connectivity index (χ3v) is 4.82. The summed E-state index contributed by atoms with van der Waals surface area (Å²) in [5.41, 5.74) is 0.651. The fraction of sp³-hybridized carbons (Fsp3) is 0.250. The molecule has 0 amide bonds. The molecule has 2 atom stereocenters. The maximum absolute atomic E-state index is 13.8. The molecule has 4 nitrogen and oxygen atoms in total. The molecule has 0 saturated heterocycles. The Kier molecular flexibility index (Phi) is 5.06. The summed E-state index contributed by atoms with van der Waals surface area (Å²) in [5, 5.41) is 20.1.